The molecule has 0 saturated heterocycles. The molecule has 1 N–H and O–H groups in total. The minimum absolute atomic E-state index is 0.163. The molecule has 0 bridgehead atoms. The Labute approximate surface area is 75.6 Å². The first-order valence-electron chi connectivity index (χ1n) is 4.15. The molecule has 1 saturated carbocycles. The lowest BCUT2D eigenvalue weighted by molar-refractivity contribution is -0.120. The fourth-order valence-corrected chi connectivity index (χ4v) is 1.75. The molecule has 12 heavy (non-hydrogen) atoms. The highest BCUT2D eigenvalue weighted by Gasteiger charge is 2.22. The van der Waals surface area contributed by atoms with Crippen LogP contribution in [0.3, 0.4) is 0 Å². The minimum Gasteiger partial charge on any atom is -0.353 e. The zero-order valence-electron chi connectivity index (χ0n) is 6.75. The first-order valence-corrected chi connectivity index (χ1v) is 5.09. The van der Waals surface area contributed by atoms with Crippen molar-refractivity contribution in [2.75, 3.05) is 0 Å². The van der Waals surface area contributed by atoms with Crippen LogP contribution in [0.25, 0.3) is 0 Å². The zero-order valence-corrected chi connectivity index (χ0v) is 7.56. The standard InChI is InChI=1S/C9H11NOS/c11-9(10-8-1-2-8)5-7-3-4-12-6-7/h3-4,6,8H,1-2,5H2,(H,10,11). The maximum Gasteiger partial charge on any atom is 0.224 e. The summed E-state index contributed by atoms with van der Waals surface area (Å²) in [6, 6.07) is 2.48. The molecule has 0 spiro atoms. The molecule has 1 aliphatic rings. The monoisotopic (exact) mass is 181 g/mol. The summed E-state index contributed by atoms with van der Waals surface area (Å²) in [6.45, 7) is 0. The van der Waals surface area contributed by atoms with Crippen LogP contribution in [0.15, 0.2) is 16.8 Å². The quantitative estimate of drug-likeness (QED) is 0.753. The van der Waals surface area contributed by atoms with Crippen molar-refractivity contribution in [1.82, 2.24) is 5.32 Å². The average molecular weight is 181 g/mol. The second-order valence-corrected chi connectivity index (χ2v) is 3.93. The summed E-state index contributed by atoms with van der Waals surface area (Å²) in [4.78, 5) is 11.3. The molecule has 1 aliphatic carbocycles. The Bertz CT molecular complexity index is 264. The first kappa shape index (κ1) is 7.80. The second kappa shape index (κ2) is 3.27. The fourth-order valence-electron chi connectivity index (χ4n) is 1.09. The van der Waals surface area contributed by atoms with Gasteiger partial charge in [-0.15, -0.1) is 0 Å². The van der Waals surface area contributed by atoms with Gasteiger partial charge in [0.15, 0.2) is 0 Å². The average Bonchev–Trinajstić information content (AvgIpc) is 2.66. The lowest BCUT2D eigenvalue weighted by atomic mass is 10.2. The Morgan fingerprint density at radius 2 is 2.50 bits per heavy atom. The minimum atomic E-state index is 0.163. The third kappa shape index (κ3) is 2.08. The number of carbonyl (C=O) groups is 1. The number of amides is 1. The van der Waals surface area contributed by atoms with E-state index < -0.39 is 0 Å². The van der Waals surface area contributed by atoms with E-state index in [0.717, 1.165) is 18.4 Å². The first-order chi connectivity index (χ1) is 5.84. The molecule has 0 radical (unpaired) electrons. The molecule has 1 aromatic rings. The van der Waals surface area contributed by atoms with Gasteiger partial charge >= 0.3 is 0 Å². The number of thiophene rings is 1. The molecule has 1 heterocycles. The number of hydrogen-bond donors (Lipinski definition) is 1. The molecule has 1 amide bonds. The van der Waals surface area contributed by atoms with Crippen molar-refractivity contribution in [3.63, 3.8) is 0 Å². The van der Waals surface area contributed by atoms with E-state index in [4.69, 9.17) is 0 Å². The summed E-state index contributed by atoms with van der Waals surface area (Å²) >= 11 is 1.64. The van der Waals surface area contributed by atoms with Crippen LogP contribution in [0.5, 0.6) is 0 Å². The van der Waals surface area contributed by atoms with Crippen molar-refractivity contribution in [3.05, 3.63) is 22.4 Å². The normalized spacial score (nSPS) is 16.0. The Balaban J connectivity index is 1.82. The van der Waals surface area contributed by atoms with Crippen LogP contribution in [0.1, 0.15) is 18.4 Å². The predicted molar refractivity (Wildman–Crippen MR) is 49.2 cm³/mol. The van der Waals surface area contributed by atoms with E-state index in [1.165, 1.54) is 0 Å². The van der Waals surface area contributed by atoms with Crippen molar-refractivity contribution in [2.45, 2.75) is 25.3 Å². The third-order valence-corrected chi connectivity index (χ3v) is 2.62. The fraction of sp³-hybridized carbons (Fsp3) is 0.444. The van der Waals surface area contributed by atoms with Crippen LogP contribution in [0, 0.1) is 0 Å². The highest BCUT2D eigenvalue weighted by atomic mass is 32.1. The summed E-state index contributed by atoms with van der Waals surface area (Å²) in [5.41, 5.74) is 1.12. The Morgan fingerprint density at radius 1 is 1.67 bits per heavy atom. The van der Waals surface area contributed by atoms with Crippen LogP contribution < -0.4 is 5.32 Å². The lowest BCUT2D eigenvalue weighted by Gasteiger charge is -2.00. The zero-order chi connectivity index (χ0) is 8.39. The van der Waals surface area contributed by atoms with Crippen LogP contribution in [0.4, 0.5) is 0 Å². The van der Waals surface area contributed by atoms with E-state index in [1.54, 1.807) is 11.3 Å². The third-order valence-electron chi connectivity index (χ3n) is 1.89. The number of hydrogen-bond acceptors (Lipinski definition) is 2. The van der Waals surface area contributed by atoms with Crippen molar-refractivity contribution in [2.24, 2.45) is 0 Å². The van der Waals surface area contributed by atoms with Gasteiger partial charge in [0.1, 0.15) is 0 Å². The predicted octanol–water partition coefficient (Wildman–Crippen LogP) is 1.57. The largest absolute Gasteiger partial charge is 0.353 e. The number of nitrogens with one attached hydrogen (secondary N) is 1. The second-order valence-electron chi connectivity index (χ2n) is 3.15. The smallest absolute Gasteiger partial charge is 0.224 e. The van der Waals surface area contributed by atoms with E-state index in [2.05, 4.69) is 5.32 Å². The molecule has 0 unspecified atom stereocenters. The summed E-state index contributed by atoms with van der Waals surface area (Å²) in [5, 5.41) is 6.98. The molecule has 2 nitrogen and oxygen atoms in total. The number of carbonyl (C=O) groups excluding carboxylic acids is 1. The molecule has 0 aromatic carbocycles. The molecular formula is C9H11NOS. The maximum absolute atomic E-state index is 11.3. The van der Waals surface area contributed by atoms with Gasteiger partial charge in [-0.3, -0.25) is 4.79 Å². The number of rotatable bonds is 3. The molecular weight excluding hydrogens is 170 g/mol. The lowest BCUT2D eigenvalue weighted by Crippen LogP contribution is -2.26. The van der Waals surface area contributed by atoms with Gasteiger partial charge in [0.2, 0.25) is 5.91 Å². The Morgan fingerprint density at radius 3 is 3.08 bits per heavy atom. The van der Waals surface area contributed by atoms with Crippen LogP contribution in [-0.4, -0.2) is 11.9 Å². The van der Waals surface area contributed by atoms with Gasteiger partial charge in [0.25, 0.3) is 0 Å². The van der Waals surface area contributed by atoms with E-state index >= 15 is 0 Å². The molecule has 64 valence electrons. The molecule has 1 fully saturated rings. The van der Waals surface area contributed by atoms with Gasteiger partial charge in [-0.1, -0.05) is 0 Å². The van der Waals surface area contributed by atoms with Crippen molar-refractivity contribution >= 4 is 17.2 Å². The Hall–Kier alpha value is -0.830. The summed E-state index contributed by atoms with van der Waals surface area (Å²) in [6.07, 6.45) is 2.87. The Kier molecular flexibility index (Phi) is 2.13. The van der Waals surface area contributed by atoms with E-state index in [1.807, 2.05) is 16.8 Å². The summed E-state index contributed by atoms with van der Waals surface area (Å²) in [7, 11) is 0. The van der Waals surface area contributed by atoms with Crippen LogP contribution in [-0.2, 0) is 11.2 Å². The summed E-state index contributed by atoms with van der Waals surface area (Å²) < 4.78 is 0. The van der Waals surface area contributed by atoms with Gasteiger partial charge in [0.05, 0.1) is 6.42 Å². The molecule has 0 aliphatic heterocycles. The highest BCUT2D eigenvalue weighted by Crippen LogP contribution is 2.18. The van der Waals surface area contributed by atoms with Crippen LogP contribution >= 0.6 is 11.3 Å². The van der Waals surface area contributed by atoms with E-state index in [-0.39, 0.29) is 5.91 Å². The van der Waals surface area contributed by atoms with E-state index in [9.17, 15) is 4.79 Å². The van der Waals surface area contributed by atoms with Gasteiger partial charge in [-0.2, -0.15) is 11.3 Å². The maximum atomic E-state index is 11.3. The molecule has 3 heteroatoms. The molecule has 2 rings (SSSR count). The van der Waals surface area contributed by atoms with Crippen molar-refractivity contribution in [1.29, 1.82) is 0 Å². The van der Waals surface area contributed by atoms with Gasteiger partial charge in [-0.05, 0) is 35.2 Å². The van der Waals surface area contributed by atoms with Gasteiger partial charge in [0, 0.05) is 6.04 Å². The summed E-state index contributed by atoms with van der Waals surface area (Å²) in [5.74, 6) is 0.163. The van der Waals surface area contributed by atoms with Gasteiger partial charge < -0.3 is 5.32 Å². The molecule has 1 aromatic heterocycles. The SMILES string of the molecule is O=C(Cc1ccsc1)NC1CC1. The van der Waals surface area contributed by atoms with Crippen molar-refractivity contribution < 1.29 is 4.79 Å². The topological polar surface area (TPSA) is 29.1 Å². The highest BCUT2D eigenvalue weighted by molar-refractivity contribution is 7.07. The van der Waals surface area contributed by atoms with Crippen LogP contribution in [0.2, 0.25) is 0 Å². The van der Waals surface area contributed by atoms with E-state index in [0.29, 0.717) is 12.5 Å². The van der Waals surface area contributed by atoms with Crippen molar-refractivity contribution in [3.8, 4) is 0 Å². The molecule has 0 atom stereocenters. The van der Waals surface area contributed by atoms with Gasteiger partial charge in [-0.25, -0.2) is 0 Å².